The summed E-state index contributed by atoms with van der Waals surface area (Å²) in [4.78, 5) is 18.1. The van der Waals surface area contributed by atoms with Crippen LogP contribution in [-0.4, -0.2) is 53.6 Å². The van der Waals surface area contributed by atoms with Crippen molar-refractivity contribution in [3.05, 3.63) is 21.9 Å². The van der Waals surface area contributed by atoms with Crippen molar-refractivity contribution in [3.8, 4) is 0 Å². The second-order valence-electron chi connectivity index (χ2n) is 5.84. The first kappa shape index (κ1) is 14.0. The molecule has 0 aliphatic carbocycles. The van der Waals surface area contributed by atoms with Crippen LogP contribution in [0.25, 0.3) is 0 Å². The number of likely N-dealkylation sites (tertiary alicyclic amines) is 1. The van der Waals surface area contributed by atoms with Gasteiger partial charge >= 0.3 is 0 Å². The maximum Gasteiger partial charge on any atom is 0.237 e. The van der Waals surface area contributed by atoms with Gasteiger partial charge in [0, 0.05) is 31.1 Å². The second kappa shape index (κ2) is 6.24. The lowest BCUT2D eigenvalue weighted by Crippen LogP contribution is -2.41. The number of hydrogen-bond donors (Lipinski definition) is 1. The van der Waals surface area contributed by atoms with Crippen molar-refractivity contribution in [3.63, 3.8) is 0 Å². The van der Waals surface area contributed by atoms with Crippen LogP contribution in [-0.2, 0) is 17.8 Å². The van der Waals surface area contributed by atoms with E-state index >= 15 is 0 Å². The van der Waals surface area contributed by atoms with Crippen LogP contribution < -0.4 is 0 Å². The molecule has 1 amide bonds. The summed E-state index contributed by atoms with van der Waals surface area (Å²) in [6, 6.07) is 2.15. The van der Waals surface area contributed by atoms with Crippen molar-refractivity contribution in [2.24, 2.45) is 5.92 Å². The van der Waals surface area contributed by atoms with E-state index in [0.29, 0.717) is 12.5 Å². The predicted octanol–water partition coefficient (Wildman–Crippen LogP) is 1.34. The zero-order valence-electron chi connectivity index (χ0n) is 11.8. The Morgan fingerprint density at radius 3 is 3.20 bits per heavy atom. The second-order valence-corrected chi connectivity index (χ2v) is 6.84. The average molecular weight is 294 g/mol. The van der Waals surface area contributed by atoms with Crippen LogP contribution >= 0.6 is 11.3 Å². The van der Waals surface area contributed by atoms with Crippen molar-refractivity contribution in [2.75, 3.05) is 32.8 Å². The maximum atomic E-state index is 12.4. The summed E-state index contributed by atoms with van der Waals surface area (Å²) in [7, 11) is 0. The van der Waals surface area contributed by atoms with Crippen LogP contribution in [0.5, 0.6) is 0 Å². The summed E-state index contributed by atoms with van der Waals surface area (Å²) in [5.74, 6) is 0.823. The number of aliphatic hydroxyl groups excluding tert-OH is 1. The van der Waals surface area contributed by atoms with Gasteiger partial charge in [0.2, 0.25) is 5.91 Å². The maximum absolute atomic E-state index is 12.4. The van der Waals surface area contributed by atoms with E-state index in [4.69, 9.17) is 5.11 Å². The van der Waals surface area contributed by atoms with Gasteiger partial charge in [-0.15, -0.1) is 11.3 Å². The zero-order chi connectivity index (χ0) is 13.9. The molecule has 4 nitrogen and oxygen atoms in total. The molecule has 5 heteroatoms. The molecule has 1 N–H and O–H groups in total. The number of hydrogen-bond acceptors (Lipinski definition) is 4. The SMILES string of the molecule is O=C(CN1CCC(CCO)C1)N1CCc2sccc2C1. The summed E-state index contributed by atoms with van der Waals surface area (Å²) >= 11 is 1.81. The normalized spacial score (nSPS) is 23.1. The van der Waals surface area contributed by atoms with Gasteiger partial charge in [-0.25, -0.2) is 0 Å². The number of carbonyl (C=O) groups excluding carboxylic acids is 1. The molecule has 20 heavy (non-hydrogen) atoms. The summed E-state index contributed by atoms with van der Waals surface area (Å²) in [5, 5.41) is 11.1. The van der Waals surface area contributed by atoms with Gasteiger partial charge in [0.15, 0.2) is 0 Å². The average Bonchev–Trinajstić information content (AvgIpc) is 3.07. The highest BCUT2D eigenvalue weighted by atomic mass is 32.1. The van der Waals surface area contributed by atoms with Crippen molar-refractivity contribution < 1.29 is 9.90 Å². The Bertz CT molecular complexity index is 474. The Morgan fingerprint density at radius 1 is 1.45 bits per heavy atom. The molecule has 1 saturated heterocycles. The van der Waals surface area contributed by atoms with Gasteiger partial charge in [-0.2, -0.15) is 0 Å². The van der Waals surface area contributed by atoms with Gasteiger partial charge < -0.3 is 10.0 Å². The number of nitrogens with zero attached hydrogens (tertiary/aromatic N) is 2. The number of carbonyl (C=O) groups is 1. The molecule has 0 spiro atoms. The minimum atomic E-state index is 0.256. The van der Waals surface area contributed by atoms with Gasteiger partial charge in [0.25, 0.3) is 0 Å². The van der Waals surface area contributed by atoms with Gasteiger partial charge in [-0.05, 0) is 48.7 Å². The topological polar surface area (TPSA) is 43.8 Å². The Kier molecular flexibility index (Phi) is 4.38. The highest BCUT2D eigenvalue weighted by molar-refractivity contribution is 7.10. The largest absolute Gasteiger partial charge is 0.396 e. The monoisotopic (exact) mass is 294 g/mol. The highest BCUT2D eigenvalue weighted by Gasteiger charge is 2.27. The van der Waals surface area contributed by atoms with Crippen molar-refractivity contribution >= 4 is 17.2 Å². The molecule has 1 aromatic heterocycles. The van der Waals surface area contributed by atoms with E-state index in [0.717, 1.165) is 45.4 Å². The van der Waals surface area contributed by atoms with Crippen molar-refractivity contribution in [1.82, 2.24) is 9.80 Å². The van der Waals surface area contributed by atoms with Gasteiger partial charge in [0.05, 0.1) is 6.54 Å². The van der Waals surface area contributed by atoms with Gasteiger partial charge in [-0.3, -0.25) is 9.69 Å². The molecule has 2 aliphatic heterocycles. The summed E-state index contributed by atoms with van der Waals surface area (Å²) in [6.45, 7) is 4.41. The molecule has 3 heterocycles. The number of aliphatic hydroxyl groups is 1. The molecule has 0 radical (unpaired) electrons. The fraction of sp³-hybridized carbons (Fsp3) is 0.667. The number of amides is 1. The first-order chi connectivity index (χ1) is 9.76. The van der Waals surface area contributed by atoms with Crippen LogP contribution in [0.4, 0.5) is 0 Å². The Morgan fingerprint density at radius 2 is 2.35 bits per heavy atom. The van der Waals surface area contributed by atoms with E-state index in [1.807, 2.05) is 4.90 Å². The Balaban J connectivity index is 1.51. The standard InChI is InChI=1S/C15H22N2O2S/c18-7-3-12-1-5-16(9-12)11-15(19)17-6-2-14-13(10-17)4-8-20-14/h4,8,12,18H,1-3,5-7,9-11H2. The molecule has 1 unspecified atom stereocenters. The highest BCUT2D eigenvalue weighted by Crippen LogP contribution is 2.24. The molecule has 3 rings (SSSR count). The van der Waals surface area contributed by atoms with Crippen LogP contribution in [0, 0.1) is 5.92 Å². The molecule has 2 aliphatic rings. The third kappa shape index (κ3) is 3.05. The fourth-order valence-corrected chi connectivity index (χ4v) is 4.12. The fourth-order valence-electron chi connectivity index (χ4n) is 3.23. The van der Waals surface area contributed by atoms with E-state index in [2.05, 4.69) is 16.3 Å². The third-order valence-electron chi connectivity index (χ3n) is 4.43. The van der Waals surface area contributed by atoms with Gasteiger partial charge in [0.1, 0.15) is 0 Å². The first-order valence-electron chi connectivity index (χ1n) is 7.42. The quantitative estimate of drug-likeness (QED) is 0.911. The lowest BCUT2D eigenvalue weighted by molar-refractivity contribution is -0.133. The Hall–Kier alpha value is -0.910. The smallest absolute Gasteiger partial charge is 0.237 e. The van der Waals surface area contributed by atoms with Crippen molar-refractivity contribution in [2.45, 2.75) is 25.8 Å². The molecule has 0 bridgehead atoms. The summed E-state index contributed by atoms with van der Waals surface area (Å²) in [5.41, 5.74) is 1.33. The molecule has 1 fully saturated rings. The lowest BCUT2D eigenvalue weighted by Gasteiger charge is -2.28. The zero-order valence-corrected chi connectivity index (χ0v) is 12.6. The minimum absolute atomic E-state index is 0.256. The van der Waals surface area contributed by atoms with E-state index < -0.39 is 0 Å². The first-order valence-corrected chi connectivity index (χ1v) is 8.30. The van der Waals surface area contributed by atoms with E-state index in [1.165, 1.54) is 10.4 Å². The molecular formula is C15H22N2O2S. The summed E-state index contributed by atoms with van der Waals surface area (Å²) < 4.78 is 0. The third-order valence-corrected chi connectivity index (χ3v) is 5.45. The van der Waals surface area contributed by atoms with Crippen molar-refractivity contribution in [1.29, 1.82) is 0 Å². The minimum Gasteiger partial charge on any atom is -0.396 e. The van der Waals surface area contributed by atoms with Crippen LogP contribution in [0.15, 0.2) is 11.4 Å². The van der Waals surface area contributed by atoms with Crippen LogP contribution in [0.3, 0.4) is 0 Å². The molecule has 0 aromatic carbocycles. The Labute approximate surface area is 124 Å². The molecule has 1 aromatic rings. The predicted molar refractivity (Wildman–Crippen MR) is 79.7 cm³/mol. The molecular weight excluding hydrogens is 272 g/mol. The summed E-state index contributed by atoms with van der Waals surface area (Å²) in [6.07, 6.45) is 2.99. The number of rotatable bonds is 4. The van der Waals surface area contributed by atoms with E-state index in [-0.39, 0.29) is 12.5 Å². The van der Waals surface area contributed by atoms with Crippen LogP contribution in [0.1, 0.15) is 23.3 Å². The van der Waals surface area contributed by atoms with Crippen LogP contribution in [0.2, 0.25) is 0 Å². The van der Waals surface area contributed by atoms with E-state index in [9.17, 15) is 4.79 Å². The molecule has 1 atom stereocenters. The number of thiophene rings is 1. The van der Waals surface area contributed by atoms with Gasteiger partial charge in [-0.1, -0.05) is 0 Å². The lowest BCUT2D eigenvalue weighted by atomic mass is 10.1. The molecule has 110 valence electrons. The number of fused-ring (bicyclic) bond motifs is 1. The molecule has 0 saturated carbocycles. The van der Waals surface area contributed by atoms with E-state index in [1.54, 1.807) is 11.3 Å².